The number of fused-ring (bicyclic) bond motifs is 9. The first-order valence-electron chi connectivity index (χ1n) is 39.2. The van der Waals surface area contributed by atoms with Crippen LogP contribution in [0.25, 0.3) is 160 Å². The number of benzene rings is 19. The molecule has 1 aromatic heterocycles. The molecule has 0 unspecified atom stereocenters. The number of rotatable bonds is 11. The highest BCUT2D eigenvalue weighted by molar-refractivity contribution is 7.00. The average molecular weight is 1420 g/mol. The predicted octanol–water partition coefficient (Wildman–Crippen LogP) is 27.6. The van der Waals surface area contributed by atoms with E-state index < -0.39 is 0 Å². The highest BCUT2D eigenvalue weighted by atomic mass is 15.2. The Morgan fingerprint density at radius 1 is 0.232 bits per heavy atom. The summed E-state index contributed by atoms with van der Waals surface area (Å²) in [5, 5.41) is 12.6. The van der Waals surface area contributed by atoms with Gasteiger partial charge in [-0.15, -0.1) is 0 Å². The molecule has 2 aliphatic heterocycles. The second-order valence-electron chi connectivity index (χ2n) is 31.4. The number of hydrogen-bond donors (Lipinski definition) is 0. The fraction of sp³-hybridized carbons (Fsp3) is 0.0370. The Morgan fingerprint density at radius 2 is 0.634 bits per heavy atom. The van der Waals surface area contributed by atoms with Crippen molar-refractivity contribution in [2.75, 3.05) is 9.80 Å². The van der Waals surface area contributed by atoms with Gasteiger partial charge in [0.25, 0.3) is 6.71 Å². The Morgan fingerprint density at radius 3 is 1.12 bits per heavy atom. The van der Waals surface area contributed by atoms with Crippen molar-refractivity contribution in [1.29, 1.82) is 0 Å². The zero-order chi connectivity index (χ0) is 74.3. The predicted molar refractivity (Wildman–Crippen MR) is 478 cm³/mol. The van der Waals surface area contributed by atoms with Gasteiger partial charge >= 0.3 is 0 Å². The van der Waals surface area contributed by atoms with Crippen LogP contribution in [-0.4, -0.2) is 11.3 Å². The molecule has 2 aliphatic rings. The van der Waals surface area contributed by atoms with Crippen LogP contribution in [0.2, 0.25) is 0 Å². The maximum Gasteiger partial charge on any atom is 0.252 e. The minimum absolute atomic E-state index is 0.0760. The lowest BCUT2D eigenvalue weighted by atomic mass is 9.33. The van der Waals surface area contributed by atoms with E-state index in [1.807, 2.05) is 0 Å². The molecule has 3 heterocycles. The van der Waals surface area contributed by atoms with Crippen LogP contribution in [0.3, 0.4) is 0 Å². The van der Waals surface area contributed by atoms with Crippen LogP contribution in [0, 0.1) is 0 Å². The molecule has 19 aromatic carbocycles. The Kier molecular flexibility index (Phi) is 15.0. The van der Waals surface area contributed by atoms with E-state index in [-0.39, 0.29) is 12.1 Å². The van der Waals surface area contributed by atoms with E-state index in [9.17, 15) is 0 Å². The summed E-state index contributed by atoms with van der Waals surface area (Å²) in [5.41, 5.74) is 33.0. The molecular formula is C108H74BN3. The Bertz CT molecular complexity index is 6950. The molecule has 4 heteroatoms. The number of nitrogens with zero attached hydrogens (tertiary/aromatic N) is 3. The Labute approximate surface area is 652 Å². The first-order chi connectivity index (χ1) is 55.2. The van der Waals surface area contributed by atoms with Crippen molar-refractivity contribution < 1.29 is 0 Å². The lowest BCUT2D eigenvalue weighted by Crippen LogP contribution is -2.61. The van der Waals surface area contributed by atoms with E-state index in [2.05, 4.69) is 429 Å². The van der Waals surface area contributed by atoms with Crippen LogP contribution in [0.1, 0.15) is 26.3 Å². The van der Waals surface area contributed by atoms with Crippen molar-refractivity contribution in [3.05, 3.63) is 400 Å². The van der Waals surface area contributed by atoms with Crippen molar-refractivity contribution in [3.63, 3.8) is 0 Å². The third-order valence-corrected chi connectivity index (χ3v) is 24.0. The standard InChI is InChI=1S/C108H74BN3/c1-108(2,3)82-55-51-71(52-56-82)81-66-100-105-101(67-81)112(107-92(74-37-18-8-19-38-74)63-80(70-31-12-5-13-32-70)64-93(107)75-39-20-9-21-40-75)99-68-83(110-96-49-24-22-44-85(96)86-45-23-25-50-97(86)110)57-59-94(99)109(105)95-65-78(84-58-53-77-43-27-47-88-87-46-26-41-76-42-28-48-89(102(76)87)104(84)103(77)88)54-60-98(95)111(100)106-90(72-33-14-6-15-34-72)61-79(69-29-10-4-11-30-69)62-91(106)73-35-16-7-17-36-73/h4-68H,1-3H3. The van der Waals surface area contributed by atoms with E-state index in [1.165, 1.54) is 81.4 Å². The summed E-state index contributed by atoms with van der Waals surface area (Å²) < 4.78 is 2.51. The molecule has 524 valence electrons. The molecule has 20 aromatic rings. The van der Waals surface area contributed by atoms with Crippen molar-refractivity contribution >= 4 is 122 Å². The van der Waals surface area contributed by atoms with E-state index in [4.69, 9.17) is 0 Å². The molecule has 0 bridgehead atoms. The summed E-state index contributed by atoms with van der Waals surface area (Å²) >= 11 is 0. The summed E-state index contributed by atoms with van der Waals surface area (Å²) in [7, 11) is 0. The van der Waals surface area contributed by atoms with E-state index >= 15 is 0 Å². The van der Waals surface area contributed by atoms with Gasteiger partial charge < -0.3 is 14.4 Å². The first-order valence-corrected chi connectivity index (χ1v) is 39.2. The number of anilines is 6. The summed E-state index contributed by atoms with van der Waals surface area (Å²) in [4.78, 5) is 5.44. The second kappa shape index (κ2) is 25.8. The third-order valence-electron chi connectivity index (χ3n) is 24.0. The molecule has 0 radical (unpaired) electrons. The van der Waals surface area contributed by atoms with Crippen molar-refractivity contribution in [2.24, 2.45) is 0 Å². The van der Waals surface area contributed by atoms with Crippen LogP contribution in [0.4, 0.5) is 34.1 Å². The van der Waals surface area contributed by atoms with Gasteiger partial charge in [-0.05, 0) is 204 Å². The molecule has 0 saturated carbocycles. The lowest BCUT2D eigenvalue weighted by molar-refractivity contribution is 0.590. The zero-order valence-corrected chi connectivity index (χ0v) is 62.4. The SMILES string of the molecule is CC(C)(C)c1ccc(-c2cc3c4c(c2)N(c2c(-c5ccccc5)cc(-c5ccccc5)cc2-c2ccccc2)c2cc(-n5c6ccccc6c6ccccc65)ccc2B4c2cc(-c4ccc5cccc6c7cccc8cccc(c4c56)c87)ccc2N3c2c(-c3ccccc3)cc(-c3ccccc3)cc2-c2ccccc2)cc1. The zero-order valence-electron chi connectivity index (χ0n) is 62.4. The smallest absolute Gasteiger partial charge is 0.252 e. The summed E-state index contributed by atoms with van der Waals surface area (Å²) in [6.07, 6.45) is 0. The van der Waals surface area contributed by atoms with Crippen molar-refractivity contribution in [2.45, 2.75) is 26.2 Å². The topological polar surface area (TPSA) is 11.4 Å². The average Bonchev–Trinajstić information content (AvgIpc) is 0.741. The molecule has 112 heavy (non-hydrogen) atoms. The highest BCUT2D eigenvalue weighted by Gasteiger charge is 2.46. The van der Waals surface area contributed by atoms with Gasteiger partial charge in [-0.3, -0.25) is 0 Å². The monoisotopic (exact) mass is 1420 g/mol. The fourth-order valence-corrected chi connectivity index (χ4v) is 18.9. The van der Waals surface area contributed by atoms with Crippen LogP contribution in [0.5, 0.6) is 0 Å². The minimum atomic E-state index is -0.323. The van der Waals surface area contributed by atoms with Gasteiger partial charge in [0.05, 0.1) is 22.4 Å². The Hall–Kier alpha value is -14.1. The van der Waals surface area contributed by atoms with E-state index in [0.717, 1.165) is 134 Å². The molecular weight excluding hydrogens is 1350 g/mol. The molecule has 0 N–H and O–H groups in total. The van der Waals surface area contributed by atoms with Gasteiger partial charge in [-0.2, -0.15) is 0 Å². The van der Waals surface area contributed by atoms with Crippen LogP contribution in [0.15, 0.2) is 394 Å². The van der Waals surface area contributed by atoms with Gasteiger partial charge in [0, 0.05) is 61.5 Å². The number of aromatic nitrogens is 1. The lowest BCUT2D eigenvalue weighted by Gasteiger charge is -2.46. The molecule has 0 amide bonds. The summed E-state index contributed by atoms with van der Waals surface area (Å²) in [5.74, 6) is 0. The third kappa shape index (κ3) is 10.4. The maximum absolute atomic E-state index is 2.73. The van der Waals surface area contributed by atoms with Crippen LogP contribution in [-0.2, 0) is 5.41 Å². The number of hydrogen-bond acceptors (Lipinski definition) is 2. The van der Waals surface area contributed by atoms with Crippen LogP contribution >= 0.6 is 0 Å². The molecule has 0 spiro atoms. The summed E-state index contributed by atoms with van der Waals surface area (Å²) in [6, 6.07) is 149. The van der Waals surface area contributed by atoms with E-state index in [1.54, 1.807) is 0 Å². The highest BCUT2D eigenvalue weighted by Crippen LogP contribution is 2.56. The van der Waals surface area contributed by atoms with Gasteiger partial charge in [-0.1, -0.05) is 348 Å². The molecule has 0 fully saturated rings. The largest absolute Gasteiger partial charge is 0.310 e. The van der Waals surface area contributed by atoms with Crippen LogP contribution < -0.4 is 26.2 Å². The van der Waals surface area contributed by atoms with Crippen molar-refractivity contribution in [1.82, 2.24) is 4.57 Å². The molecule has 22 rings (SSSR count). The molecule has 3 nitrogen and oxygen atoms in total. The molecule has 0 aliphatic carbocycles. The molecule has 0 atom stereocenters. The normalized spacial score (nSPS) is 12.5. The first kappa shape index (κ1) is 65.1. The number of para-hydroxylation sites is 2. The van der Waals surface area contributed by atoms with Crippen molar-refractivity contribution in [3.8, 4) is 94.7 Å². The van der Waals surface area contributed by atoms with Gasteiger partial charge in [0.1, 0.15) is 0 Å². The second-order valence-corrected chi connectivity index (χ2v) is 31.4. The maximum atomic E-state index is 2.73. The van der Waals surface area contributed by atoms with Gasteiger partial charge in [-0.25, -0.2) is 0 Å². The van der Waals surface area contributed by atoms with Gasteiger partial charge in [0.15, 0.2) is 0 Å². The molecule has 0 saturated heterocycles. The quantitative estimate of drug-likeness (QED) is 0.0726. The fourth-order valence-electron chi connectivity index (χ4n) is 18.9. The van der Waals surface area contributed by atoms with Gasteiger partial charge in [0.2, 0.25) is 0 Å². The summed E-state index contributed by atoms with van der Waals surface area (Å²) in [6.45, 7) is 6.63. The van der Waals surface area contributed by atoms with E-state index in [0.29, 0.717) is 0 Å². The minimum Gasteiger partial charge on any atom is -0.310 e. The Balaban J connectivity index is 0.934.